The molecule has 2 unspecified atom stereocenters. The minimum atomic E-state index is -1.03. The number of carbonyl (C=O) groups is 1. The van der Waals surface area contributed by atoms with Crippen molar-refractivity contribution in [3.63, 3.8) is 0 Å². The lowest BCUT2D eigenvalue weighted by molar-refractivity contribution is -0.126. The minimum Gasteiger partial charge on any atom is -0.347 e. The number of rotatable bonds is 3. The number of hydrogen-bond donors (Lipinski definition) is 2. The van der Waals surface area contributed by atoms with Crippen molar-refractivity contribution in [3.8, 4) is 0 Å². The van der Waals surface area contributed by atoms with E-state index in [1.807, 2.05) is 42.5 Å². The highest BCUT2D eigenvalue weighted by molar-refractivity contribution is 9.10. The van der Waals surface area contributed by atoms with Gasteiger partial charge in [-0.25, -0.2) is 0 Å². The van der Waals surface area contributed by atoms with Gasteiger partial charge in [-0.2, -0.15) is 0 Å². The van der Waals surface area contributed by atoms with E-state index in [0.29, 0.717) is 0 Å². The van der Waals surface area contributed by atoms with E-state index in [9.17, 15) is 4.79 Å². The number of fused-ring (bicyclic) bond motifs is 1. The van der Waals surface area contributed by atoms with Crippen LogP contribution >= 0.6 is 15.9 Å². The number of nitrogens with one attached hydrogen (secondary N) is 1. The molecule has 0 saturated carbocycles. The van der Waals surface area contributed by atoms with Crippen molar-refractivity contribution >= 4 is 21.8 Å². The molecule has 22 heavy (non-hydrogen) atoms. The zero-order valence-electron chi connectivity index (χ0n) is 12.5. The number of nitrogens with two attached hydrogens (primary N) is 1. The van der Waals surface area contributed by atoms with Crippen LogP contribution < -0.4 is 11.1 Å². The fourth-order valence-electron chi connectivity index (χ4n) is 2.98. The Morgan fingerprint density at radius 2 is 1.95 bits per heavy atom. The molecule has 3 rings (SSSR count). The Hall–Kier alpha value is -1.65. The molecule has 0 bridgehead atoms. The summed E-state index contributed by atoms with van der Waals surface area (Å²) in [7, 11) is 0. The first kappa shape index (κ1) is 15.3. The number of halogens is 1. The molecule has 0 fully saturated rings. The van der Waals surface area contributed by atoms with Gasteiger partial charge >= 0.3 is 0 Å². The summed E-state index contributed by atoms with van der Waals surface area (Å²) in [6.07, 6.45) is 1.88. The van der Waals surface area contributed by atoms with Gasteiger partial charge in [-0.3, -0.25) is 4.79 Å². The first-order valence-corrected chi connectivity index (χ1v) is 8.22. The van der Waals surface area contributed by atoms with Crippen LogP contribution in [0.4, 0.5) is 0 Å². The predicted molar refractivity (Wildman–Crippen MR) is 91.3 cm³/mol. The van der Waals surface area contributed by atoms with E-state index < -0.39 is 5.54 Å². The molecule has 1 aliphatic carbocycles. The molecule has 2 atom stereocenters. The number of benzene rings is 2. The van der Waals surface area contributed by atoms with Gasteiger partial charge in [-0.1, -0.05) is 58.4 Å². The lowest BCUT2D eigenvalue weighted by atomic mass is 9.91. The van der Waals surface area contributed by atoms with Gasteiger partial charge in [0.05, 0.1) is 6.04 Å². The van der Waals surface area contributed by atoms with Crippen molar-refractivity contribution in [1.82, 2.24) is 5.32 Å². The molecule has 4 heteroatoms. The van der Waals surface area contributed by atoms with Crippen LogP contribution in [0.1, 0.15) is 36.1 Å². The second-order valence-corrected chi connectivity index (χ2v) is 6.80. The summed E-state index contributed by atoms with van der Waals surface area (Å²) in [4.78, 5) is 12.7. The van der Waals surface area contributed by atoms with E-state index in [4.69, 9.17) is 5.73 Å². The molecule has 3 nitrogen and oxygen atoms in total. The van der Waals surface area contributed by atoms with Gasteiger partial charge in [0.1, 0.15) is 5.54 Å². The van der Waals surface area contributed by atoms with Crippen LogP contribution in [0.15, 0.2) is 53.0 Å². The van der Waals surface area contributed by atoms with Crippen LogP contribution in [-0.2, 0) is 16.8 Å². The Morgan fingerprint density at radius 3 is 2.68 bits per heavy atom. The Kier molecular flexibility index (Phi) is 4.06. The molecule has 0 radical (unpaired) electrons. The Labute approximate surface area is 139 Å². The fourth-order valence-corrected chi connectivity index (χ4v) is 3.56. The average Bonchev–Trinajstić information content (AvgIpc) is 2.93. The maximum atomic E-state index is 12.7. The summed E-state index contributed by atoms with van der Waals surface area (Å²) in [6.45, 7) is 1.76. The third-order valence-corrected chi connectivity index (χ3v) is 5.11. The molecule has 0 aromatic heterocycles. The number of amides is 1. The van der Waals surface area contributed by atoms with E-state index in [0.717, 1.165) is 22.9 Å². The van der Waals surface area contributed by atoms with Crippen LogP contribution in [0.2, 0.25) is 0 Å². The van der Waals surface area contributed by atoms with E-state index in [-0.39, 0.29) is 11.9 Å². The monoisotopic (exact) mass is 358 g/mol. The normalized spacial score (nSPS) is 19.3. The second kappa shape index (κ2) is 5.86. The fraction of sp³-hybridized carbons (Fsp3) is 0.278. The molecule has 2 aromatic carbocycles. The Balaban J connectivity index is 1.81. The molecule has 2 aromatic rings. The smallest absolute Gasteiger partial charge is 0.244 e. The predicted octanol–water partition coefficient (Wildman–Crippen LogP) is 3.43. The Morgan fingerprint density at radius 1 is 1.23 bits per heavy atom. The quantitative estimate of drug-likeness (QED) is 0.882. The minimum absolute atomic E-state index is 0.0339. The van der Waals surface area contributed by atoms with Crippen molar-refractivity contribution in [2.45, 2.75) is 31.3 Å². The third kappa shape index (κ3) is 2.69. The van der Waals surface area contributed by atoms with Crippen molar-refractivity contribution < 1.29 is 4.79 Å². The molecular formula is C18H19BrN2O. The van der Waals surface area contributed by atoms with Gasteiger partial charge in [0.25, 0.3) is 0 Å². The zero-order valence-corrected chi connectivity index (χ0v) is 14.1. The largest absolute Gasteiger partial charge is 0.347 e. The maximum absolute atomic E-state index is 12.7. The lowest BCUT2D eigenvalue weighted by Crippen LogP contribution is -2.49. The highest BCUT2D eigenvalue weighted by Gasteiger charge is 2.34. The van der Waals surface area contributed by atoms with E-state index in [2.05, 4.69) is 27.3 Å². The molecular weight excluding hydrogens is 340 g/mol. The van der Waals surface area contributed by atoms with E-state index in [1.165, 1.54) is 11.1 Å². The molecule has 0 spiro atoms. The number of carbonyl (C=O) groups excluding carboxylic acids is 1. The maximum Gasteiger partial charge on any atom is 0.244 e. The van der Waals surface area contributed by atoms with Gasteiger partial charge in [0.15, 0.2) is 0 Å². The molecule has 1 amide bonds. The zero-order chi connectivity index (χ0) is 15.7. The number of hydrogen-bond acceptors (Lipinski definition) is 2. The van der Waals surface area contributed by atoms with Gasteiger partial charge in [-0.05, 0) is 42.5 Å². The molecule has 0 aliphatic heterocycles. The SMILES string of the molecule is CC(N)(C(=O)NC1CCc2c(Br)cccc21)c1ccccc1. The first-order valence-electron chi connectivity index (χ1n) is 7.43. The van der Waals surface area contributed by atoms with E-state index >= 15 is 0 Å². The van der Waals surface area contributed by atoms with Crippen LogP contribution in [0.25, 0.3) is 0 Å². The third-order valence-electron chi connectivity index (χ3n) is 4.36. The highest BCUT2D eigenvalue weighted by Crippen LogP contribution is 2.36. The summed E-state index contributed by atoms with van der Waals surface area (Å²) >= 11 is 3.58. The highest BCUT2D eigenvalue weighted by atomic mass is 79.9. The van der Waals surface area contributed by atoms with Gasteiger partial charge in [0.2, 0.25) is 5.91 Å². The van der Waals surface area contributed by atoms with Crippen LogP contribution in [0.3, 0.4) is 0 Å². The first-order chi connectivity index (χ1) is 10.5. The topological polar surface area (TPSA) is 55.1 Å². The standard InChI is InChI=1S/C18H19BrN2O/c1-18(20,12-6-3-2-4-7-12)17(22)21-16-11-10-13-14(16)8-5-9-15(13)19/h2-9,16H,10-11,20H2,1H3,(H,21,22). The summed E-state index contributed by atoms with van der Waals surface area (Å²) in [5, 5.41) is 3.12. The molecule has 0 saturated heterocycles. The van der Waals surface area contributed by atoms with Gasteiger partial charge in [0, 0.05) is 4.47 Å². The average molecular weight is 359 g/mol. The lowest BCUT2D eigenvalue weighted by Gasteiger charge is -2.26. The molecule has 0 heterocycles. The molecule has 1 aliphatic rings. The van der Waals surface area contributed by atoms with E-state index in [1.54, 1.807) is 6.92 Å². The Bertz CT molecular complexity index is 697. The molecule has 114 valence electrons. The van der Waals surface area contributed by atoms with Crippen molar-refractivity contribution in [3.05, 3.63) is 69.7 Å². The summed E-state index contributed by atoms with van der Waals surface area (Å²) in [6, 6.07) is 15.7. The van der Waals surface area contributed by atoms with Crippen molar-refractivity contribution in [2.24, 2.45) is 5.73 Å². The second-order valence-electron chi connectivity index (χ2n) is 5.94. The van der Waals surface area contributed by atoms with Crippen LogP contribution in [0, 0.1) is 0 Å². The van der Waals surface area contributed by atoms with Crippen molar-refractivity contribution in [2.75, 3.05) is 0 Å². The summed E-state index contributed by atoms with van der Waals surface area (Å²) < 4.78 is 1.11. The molecule has 3 N–H and O–H groups in total. The summed E-state index contributed by atoms with van der Waals surface area (Å²) in [5.41, 5.74) is 8.55. The van der Waals surface area contributed by atoms with Crippen molar-refractivity contribution in [1.29, 1.82) is 0 Å². The van der Waals surface area contributed by atoms with Gasteiger partial charge < -0.3 is 11.1 Å². The van der Waals surface area contributed by atoms with Crippen LogP contribution in [-0.4, -0.2) is 5.91 Å². The summed E-state index contributed by atoms with van der Waals surface area (Å²) in [5.74, 6) is -0.142. The van der Waals surface area contributed by atoms with Crippen LogP contribution in [0.5, 0.6) is 0 Å². The van der Waals surface area contributed by atoms with Gasteiger partial charge in [-0.15, -0.1) is 0 Å².